The lowest BCUT2D eigenvalue weighted by molar-refractivity contribution is -0.141. The zero-order chi connectivity index (χ0) is 21.2. The first-order valence-corrected chi connectivity index (χ1v) is 8.78. The molecule has 1 N–H and O–H groups in total. The lowest BCUT2D eigenvalue weighted by Gasteiger charge is -2.32. The number of urea groups is 1. The number of hydrogen-bond acceptors (Lipinski definition) is 4. The van der Waals surface area contributed by atoms with Crippen LogP contribution in [0, 0.1) is 5.82 Å². The number of anilines is 1. The molecule has 1 aromatic carbocycles. The monoisotopic (exact) mass is 414 g/mol. The summed E-state index contributed by atoms with van der Waals surface area (Å²) in [4.78, 5) is 25.1. The molecule has 1 aliphatic heterocycles. The van der Waals surface area contributed by atoms with Gasteiger partial charge < -0.3 is 9.64 Å². The Balaban J connectivity index is 1.60. The van der Waals surface area contributed by atoms with Crippen molar-refractivity contribution >= 4 is 11.8 Å². The maximum Gasteiger partial charge on any atom is 0.422 e. The maximum absolute atomic E-state index is 13.6. The van der Waals surface area contributed by atoms with Crippen LogP contribution < -0.4 is 15.6 Å². The van der Waals surface area contributed by atoms with E-state index < -0.39 is 35.4 Å². The van der Waals surface area contributed by atoms with Crippen LogP contribution in [0.15, 0.2) is 35.1 Å². The normalized spacial score (nSPS) is 15.3. The number of piperidine rings is 1. The van der Waals surface area contributed by atoms with E-state index in [9.17, 15) is 27.2 Å². The van der Waals surface area contributed by atoms with Gasteiger partial charge in [0, 0.05) is 39.0 Å². The standard InChI is InChI=1S/C18H18F4N4O3/c1-25-15(27)6-5-14(24-25)23-17(28)26-9-7-11(8-10-26)29-13-4-2-3-12(19)16(13)18(20,21)22/h2-6,11H,7-10H2,1H3,(H,23,24,28). The number of benzene rings is 1. The van der Waals surface area contributed by atoms with Gasteiger partial charge in [-0.25, -0.2) is 13.9 Å². The van der Waals surface area contributed by atoms with Crippen molar-refractivity contribution in [2.24, 2.45) is 7.05 Å². The van der Waals surface area contributed by atoms with Crippen LogP contribution in [0.2, 0.25) is 0 Å². The Morgan fingerprint density at radius 3 is 2.52 bits per heavy atom. The quantitative estimate of drug-likeness (QED) is 0.784. The summed E-state index contributed by atoms with van der Waals surface area (Å²) in [6.45, 7) is 0.470. The first kappa shape index (κ1) is 20.6. The Morgan fingerprint density at radius 2 is 1.90 bits per heavy atom. The van der Waals surface area contributed by atoms with E-state index in [-0.39, 0.29) is 37.3 Å². The number of likely N-dealkylation sites (tertiary alicyclic amines) is 1. The highest BCUT2D eigenvalue weighted by atomic mass is 19.4. The third-order valence-electron chi connectivity index (χ3n) is 4.48. The van der Waals surface area contributed by atoms with Gasteiger partial charge >= 0.3 is 12.2 Å². The summed E-state index contributed by atoms with van der Waals surface area (Å²) in [5.74, 6) is -1.75. The van der Waals surface area contributed by atoms with Gasteiger partial charge in [0.25, 0.3) is 5.56 Å². The van der Waals surface area contributed by atoms with Crippen molar-refractivity contribution in [1.82, 2.24) is 14.7 Å². The van der Waals surface area contributed by atoms with Crippen LogP contribution in [-0.4, -0.2) is 39.9 Å². The molecule has 3 rings (SSSR count). The molecule has 0 aliphatic carbocycles. The summed E-state index contributed by atoms with van der Waals surface area (Å²) in [7, 11) is 1.45. The summed E-state index contributed by atoms with van der Waals surface area (Å²) in [5, 5.41) is 6.46. The summed E-state index contributed by atoms with van der Waals surface area (Å²) < 4.78 is 59.4. The number of amides is 2. The van der Waals surface area contributed by atoms with Gasteiger partial charge in [-0.15, -0.1) is 0 Å². The number of nitrogens with zero attached hydrogens (tertiary/aromatic N) is 3. The summed E-state index contributed by atoms with van der Waals surface area (Å²) in [5.41, 5.74) is -1.75. The van der Waals surface area contributed by atoms with Crippen LogP contribution in [0.4, 0.5) is 28.2 Å². The number of carbonyl (C=O) groups excluding carboxylic acids is 1. The molecule has 2 heterocycles. The second-order valence-corrected chi connectivity index (χ2v) is 6.53. The van der Waals surface area contributed by atoms with Gasteiger partial charge in [0.05, 0.1) is 0 Å². The topological polar surface area (TPSA) is 76.5 Å². The van der Waals surface area contributed by atoms with E-state index in [0.717, 1.165) is 22.9 Å². The van der Waals surface area contributed by atoms with Gasteiger partial charge in [0.2, 0.25) is 0 Å². The fraction of sp³-hybridized carbons (Fsp3) is 0.389. The number of ether oxygens (including phenoxy) is 1. The molecular formula is C18H18F4N4O3. The highest BCUT2D eigenvalue weighted by molar-refractivity contribution is 5.88. The van der Waals surface area contributed by atoms with E-state index in [1.165, 1.54) is 24.1 Å². The van der Waals surface area contributed by atoms with Crippen molar-refractivity contribution in [1.29, 1.82) is 0 Å². The predicted molar refractivity (Wildman–Crippen MR) is 95.1 cm³/mol. The van der Waals surface area contributed by atoms with Crippen molar-refractivity contribution in [3.63, 3.8) is 0 Å². The Bertz CT molecular complexity index is 953. The molecule has 1 aromatic heterocycles. The molecule has 1 fully saturated rings. The third kappa shape index (κ3) is 4.84. The first-order valence-electron chi connectivity index (χ1n) is 8.78. The van der Waals surface area contributed by atoms with Gasteiger partial charge in [0.15, 0.2) is 5.82 Å². The van der Waals surface area contributed by atoms with Crippen molar-refractivity contribution in [3.8, 4) is 5.75 Å². The van der Waals surface area contributed by atoms with E-state index in [0.29, 0.717) is 0 Å². The van der Waals surface area contributed by atoms with Crippen LogP contribution in [0.5, 0.6) is 5.75 Å². The molecule has 0 unspecified atom stereocenters. The minimum atomic E-state index is -4.87. The van der Waals surface area contributed by atoms with E-state index in [1.54, 1.807) is 0 Å². The van der Waals surface area contributed by atoms with Crippen LogP contribution in [0.3, 0.4) is 0 Å². The lowest BCUT2D eigenvalue weighted by Crippen LogP contribution is -2.44. The van der Waals surface area contributed by atoms with Crippen LogP contribution in [0.1, 0.15) is 18.4 Å². The van der Waals surface area contributed by atoms with E-state index in [4.69, 9.17) is 4.74 Å². The summed E-state index contributed by atoms with van der Waals surface area (Å²) in [6, 6.07) is 5.16. The molecule has 156 valence electrons. The number of aromatic nitrogens is 2. The average molecular weight is 414 g/mol. The first-order chi connectivity index (χ1) is 13.6. The van der Waals surface area contributed by atoms with E-state index in [2.05, 4.69) is 10.4 Å². The number of rotatable bonds is 3. The highest BCUT2D eigenvalue weighted by Gasteiger charge is 2.38. The van der Waals surface area contributed by atoms with E-state index >= 15 is 0 Å². The Labute approximate surface area is 162 Å². The van der Waals surface area contributed by atoms with Gasteiger partial charge in [-0.3, -0.25) is 10.1 Å². The van der Waals surface area contributed by atoms with Crippen LogP contribution in [0.25, 0.3) is 0 Å². The number of aryl methyl sites for hydroxylation is 1. The second kappa shape index (κ2) is 8.10. The molecule has 29 heavy (non-hydrogen) atoms. The minimum Gasteiger partial charge on any atom is -0.490 e. The van der Waals surface area contributed by atoms with Crippen molar-refractivity contribution in [2.75, 3.05) is 18.4 Å². The number of halogens is 4. The lowest BCUT2D eigenvalue weighted by atomic mass is 10.1. The second-order valence-electron chi connectivity index (χ2n) is 6.53. The molecule has 0 radical (unpaired) electrons. The Morgan fingerprint density at radius 1 is 1.21 bits per heavy atom. The molecule has 2 aromatic rings. The molecule has 11 heteroatoms. The summed E-state index contributed by atoms with van der Waals surface area (Å²) in [6.07, 6.45) is -4.90. The molecule has 0 spiro atoms. The SMILES string of the molecule is Cn1nc(NC(=O)N2CCC(Oc3cccc(F)c3C(F)(F)F)CC2)ccc1=O. The van der Waals surface area contributed by atoms with Crippen LogP contribution >= 0.6 is 0 Å². The number of hydrogen-bond donors (Lipinski definition) is 1. The maximum atomic E-state index is 13.6. The number of carbonyl (C=O) groups is 1. The van der Waals surface area contributed by atoms with Gasteiger partial charge in [-0.1, -0.05) is 6.07 Å². The zero-order valence-electron chi connectivity index (χ0n) is 15.4. The third-order valence-corrected chi connectivity index (χ3v) is 4.48. The molecule has 1 aliphatic rings. The fourth-order valence-corrected chi connectivity index (χ4v) is 2.99. The minimum absolute atomic E-state index is 0.199. The van der Waals surface area contributed by atoms with Gasteiger partial charge in [-0.05, 0) is 18.2 Å². The van der Waals surface area contributed by atoms with Crippen molar-refractivity contribution in [2.45, 2.75) is 25.1 Å². The summed E-state index contributed by atoms with van der Waals surface area (Å²) >= 11 is 0. The molecule has 0 saturated carbocycles. The van der Waals surface area contributed by atoms with Crippen LogP contribution in [-0.2, 0) is 13.2 Å². The Kier molecular flexibility index (Phi) is 5.76. The molecule has 0 atom stereocenters. The molecule has 1 saturated heterocycles. The molecule has 0 bridgehead atoms. The van der Waals surface area contributed by atoms with Gasteiger partial charge in [0.1, 0.15) is 23.2 Å². The average Bonchev–Trinajstić information content (AvgIpc) is 2.64. The largest absolute Gasteiger partial charge is 0.490 e. The molecular weight excluding hydrogens is 396 g/mol. The van der Waals surface area contributed by atoms with Gasteiger partial charge in [-0.2, -0.15) is 18.3 Å². The van der Waals surface area contributed by atoms with E-state index in [1.807, 2.05) is 0 Å². The fourth-order valence-electron chi connectivity index (χ4n) is 2.99. The highest BCUT2D eigenvalue weighted by Crippen LogP contribution is 2.38. The number of alkyl halides is 3. The molecule has 2 amide bonds. The van der Waals surface area contributed by atoms with Crippen molar-refractivity contribution in [3.05, 3.63) is 52.1 Å². The van der Waals surface area contributed by atoms with Crippen molar-refractivity contribution < 1.29 is 27.1 Å². The zero-order valence-corrected chi connectivity index (χ0v) is 15.4. The predicted octanol–water partition coefficient (Wildman–Crippen LogP) is 3.01. The number of nitrogens with one attached hydrogen (secondary N) is 1. The molecule has 7 nitrogen and oxygen atoms in total. The smallest absolute Gasteiger partial charge is 0.422 e. The Hall–Kier alpha value is -3.11.